The molecule has 0 saturated heterocycles. The van der Waals surface area contributed by atoms with Crippen LogP contribution < -0.4 is 5.32 Å². The van der Waals surface area contributed by atoms with Crippen molar-refractivity contribution >= 4 is 42.5 Å². The Morgan fingerprint density at radius 1 is 1.08 bits per heavy atom. The maximum atomic E-state index is 12.1. The van der Waals surface area contributed by atoms with Crippen LogP contribution >= 0.6 is 15.9 Å². The van der Waals surface area contributed by atoms with Gasteiger partial charge in [-0.25, -0.2) is 12.7 Å². The van der Waals surface area contributed by atoms with E-state index in [0.29, 0.717) is 11.4 Å². The molecule has 5 nitrogen and oxygen atoms in total. The summed E-state index contributed by atoms with van der Waals surface area (Å²) in [6, 6.07) is 14.8. The maximum Gasteiger partial charge on any atom is 0.242 e. The highest BCUT2D eigenvalue weighted by Crippen LogP contribution is 2.27. The summed E-state index contributed by atoms with van der Waals surface area (Å²) in [4.78, 5) is 4.68. The van der Waals surface area contributed by atoms with Crippen LogP contribution in [0.2, 0.25) is 0 Å². The van der Waals surface area contributed by atoms with Gasteiger partial charge in [-0.05, 0) is 45.8 Å². The Labute approximate surface area is 155 Å². The highest BCUT2D eigenvalue weighted by Gasteiger charge is 2.16. The largest absolute Gasteiger partial charge is 0.380 e. The van der Waals surface area contributed by atoms with E-state index in [4.69, 9.17) is 0 Å². The summed E-state index contributed by atoms with van der Waals surface area (Å²) in [5.74, 6) is 0. The Morgan fingerprint density at radius 3 is 2.48 bits per heavy atom. The van der Waals surface area contributed by atoms with Gasteiger partial charge in [0, 0.05) is 42.4 Å². The zero-order valence-corrected chi connectivity index (χ0v) is 16.3. The second-order valence-corrected chi connectivity index (χ2v) is 8.79. The molecule has 3 rings (SSSR count). The smallest absolute Gasteiger partial charge is 0.242 e. The fourth-order valence-electron chi connectivity index (χ4n) is 2.48. The number of benzene rings is 2. The summed E-state index contributed by atoms with van der Waals surface area (Å²) in [6.07, 6.45) is 1.77. The lowest BCUT2D eigenvalue weighted by Crippen LogP contribution is -2.22. The van der Waals surface area contributed by atoms with Crippen LogP contribution in [-0.2, 0) is 16.6 Å². The molecule has 3 aromatic rings. The van der Waals surface area contributed by atoms with Crippen molar-refractivity contribution in [3.63, 3.8) is 0 Å². The van der Waals surface area contributed by atoms with E-state index in [-0.39, 0.29) is 0 Å². The second kappa shape index (κ2) is 7.11. The van der Waals surface area contributed by atoms with E-state index in [1.54, 1.807) is 18.3 Å². The average Bonchev–Trinajstić information content (AvgIpc) is 2.60. The molecule has 0 unspecified atom stereocenters. The van der Waals surface area contributed by atoms with Crippen LogP contribution in [0.5, 0.6) is 0 Å². The zero-order chi connectivity index (χ0) is 18.0. The van der Waals surface area contributed by atoms with Gasteiger partial charge in [0.1, 0.15) is 0 Å². The standard InChI is InChI=1S/C18H18BrN3O2S/c1-22(2)25(23,24)14-8-6-13(7-9-14)12-21-17-10-11-20-18-15(17)4-3-5-16(18)19/h3-11H,12H2,1-2H3,(H,20,21). The SMILES string of the molecule is CN(C)S(=O)(=O)c1ccc(CNc2ccnc3c(Br)cccc23)cc1. The first kappa shape index (κ1) is 17.8. The molecule has 25 heavy (non-hydrogen) atoms. The lowest BCUT2D eigenvalue weighted by molar-refractivity contribution is 0.520. The van der Waals surface area contributed by atoms with Gasteiger partial charge in [-0.2, -0.15) is 0 Å². The third-order valence-electron chi connectivity index (χ3n) is 3.91. The number of hydrogen-bond acceptors (Lipinski definition) is 4. The molecule has 0 bridgehead atoms. The monoisotopic (exact) mass is 419 g/mol. The Kier molecular flexibility index (Phi) is 5.08. The Bertz CT molecular complexity index is 1000. The van der Waals surface area contributed by atoms with Crippen molar-refractivity contribution in [3.05, 3.63) is 64.8 Å². The molecule has 0 saturated carbocycles. The van der Waals surface area contributed by atoms with Gasteiger partial charge in [0.05, 0.1) is 10.4 Å². The number of hydrogen-bond donors (Lipinski definition) is 1. The van der Waals surface area contributed by atoms with E-state index in [0.717, 1.165) is 26.6 Å². The van der Waals surface area contributed by atoms with Gasteiger partial charge in [0.25, 0.3) is 0 Å². The number of fused-ring (bicyclic) bond motifs is 1. The lowest BCUT2D eigenvalue weighted by Gasteiger charge is -2.13. The summed E-state index contributed by atoms with van der Waals surface area (Å²) < 4.78 is 26.4. The van der Waals surface area contributed by atoms with E-state index in [1.165, 1.54) is 18.4 Å². The fourth-order valence-corrected chi connectivity index (χ4v) is 3.85. The second-order valence-electron chi connectivity index (χ2n) is 5.78. The van der Waals surface area contributed by atoms with Crippen LogP contribution in [0.4, 0.5) is 5.69 Å². The molecule has 0 aliphatic heterocycles. The first-order valence-electron chi connectivity index (χ1n) is 7.68. The molecule has 130 valence electrons. The maximum absolute atomic E-state index is 12.1. The minimum absolute atomic E-state index is 0.291. The van der Waals surface area contributed by atoms with Gasteiger partial charge < -0.3 is 5.32 Å². The van der Waals surface area contributed by atoms with Crippen molar-refractivity contribution in [2.75, 3.05) is 19.4 Å². The predicted molar refractivity (Wildman–Crippen MR) is 104 cm³/mol. The molecule has 0 aliphatic rings. The number of anilines is 1. The van der Waals surface area contributed by atoms with Crippen molar-refractivity contribution in [3.8, 4) is 0 Å². The van der Waals surface area contributed by atoms with E-state index in [9.17, 15) is 8.42 Å². The summed E-state index contributed by atoms with van der Waals surface area (Å²) in [5.41, 5.74) is 2.88. The van der Waals surface area contributed by atoms with Gasteiger partial charge in [0.15, 0.2) is 0 Å². The number of nitrogens with one attached hydrogen (secondary N) is 1. The van der Waals surface area contributed by atoms with Gasteiger partial charge in [0.2, 0.25) is 10.0 Å². The quantitative estimate of drug-likeness (QED) is 0.681. The van der Waals surface area contributed by atoms with Gasteiger partial charge in [-0.15, -0.1) is 0 Å². The van der Waals surface area contributed by atoms with Crippen LogP contribution in [0.1, 0.15) is 5.56 Å². The average molecular weight is 420 g/mol. The van der Waals surface area contributed by atoms with E-state index in [1.807, 2.05) is 36.4 Å². The van der Waals surface area contributed by atoms with Crippen LogP contribution in [0.15, 0.2) is 64.1 Å². The van der Waals surface area contributed by atoms with Crippen LogP contribution in [-0.4, -0.2) is 31.8 Å². The summed E-state index contributed by atoms with van der Waals surface area (Å²) >= 11 is 3.51. The molecular weight excluding hydrogens is 402 g/mol. The van der Waals surface area contributed by atoms with Crippen molar-refractivity contribution in [2.24, 2.45) is 0 Å². The van der Waals surface area contributed by atoms with Crippen LogP contribution in [0, 0.1) is 0 Å². The highest BCUT2D eigenvalue weighted by molar-refractivity contribution is 9.10. The van der Waals surface area contributed by atoms with Crippen molar-refractivity contribution in [1.29, 1.82) is 0 Å². The number of sulfonamides is 1. The molecule has 0 amide bonds. The summed E-state index contributed by atoms with van der Waals surface area (Å²) in [7, 11) is -0.344. The number of pyridine rings is 1. The van der Waals surface area contributed by atoms with Crippen molar-refractivity contribution < 1.29 is 8.42 Å². The molecular formula is C18H18BrN3O2S. The first-order valence-corrected chi connectivity index (χ1v) is 9.91. The zero-order valence-electron chi connectivity index (χ0n) is 13.9. The third kappa shape index (κ3) is 3.68. The molecule has 2 aromatic carbocycles. The van der Waals surface area contributed by atoms with Gasteiger partial charge in [-0.3, -0.25) is 4.98 Å². The molecule has 1 heterocycles. The van der Waals surface area contributed by atoms with Crippen LogP contribution in [0.3, 0.4) is 0 Å². The topological polar surface area (TPSA) is 62.3 Å². The van der Waals surface area contributed by atoms with E-state index >= 15 is 0 Å². The first-order chi connectivity index (χ1) is 11.9. The molecule has 1 aromatic heterocycles. The Morgan fingerprint density at radius 2 is 1.80 bits per heavy atom. The van der Waals surface area contributed by atoms with Crippen molar-refractivity contribution in [2.45, 2.75) is 11.4 Å². The molecule has 0 radical (unpaired) electrons. The number of para-hydroxylation sites is 1. The Balaban J connectivity index is 1.80. The molecule has 0 fully saturated rings. The van der Waals surface area contributed by atoms with Gasteiger partial charge in [-0.1, -0.05) is 24.3 Å². The van der Waals surface area contributed by atoms with E-state index in [2.05, 4.69) is 26.2 Å². The molecule has 1 N–H and O–H groups in total. The predicted octanol–water partition coefficient (Wildman–Crippen LogP) is 3.86. The minimum Gasteiger partial charge on any atom is -0.380 e. The number of rotatable bonds is 5. The molecule has 0 spiro atoms. The minimum atomic E-state index is -3.39. The lowest BCUT2D eigenvalue weighted by atomic mass is 10.1. The Hall–Kier alpha value is -1.96. The van der Waals surface area contributed by atoms with Crippen molar-refractivity contribution in [1.82, 2.24) is 9.29 Å². The highest BCUT2D eigenvalue weighted by atomic mass is 79.9. The third-order valence-corrected chi connectivity index (χ3v) is 6.38. The molecule has 0 aliphatic carbocycles. The van der Waals surface area contributed by atoms with E-state index < -0.39 is 10.0 Å². The normalized spacial score (nSPS) is 11.8. The fraction of sp³-hybridized carbons (Fsp3) is 0.167. The van der Waals surface area contributed by atoms with Gasteiger partial charge >= 0.3 is 0 Å². The number of nitrogens with zero attached hydrogens (tertiary/aromatic N) is 2. The number of aromatic nitrogens is 1. The molecule has 0 atom stereocenters. The summed E-state index contributed by atoms with van der Waals surface area (Å²) in [6.45, 7) is 0.591. The molecule has 7 heteroatoms. The summed E-state index contributed by atoms with van der Waals surface area (Å²) in [5, 5.41) is 4.42. The number of halogens is 1. The van der Waals surface area contributed by atoms with Crippen LogP contribution in [0.25, 0.3) is 10.9 Å².